The Morgan fingerprint density at radius 1 is 1.33 bits per heavy atom. The van der Waals surface area contributed by atoms with Crippen LogP contribution in [0.25, 0.3) is 0 Å². The summed E-state index contributed by atoms with van der Waals surface area (Å²) in [6.45, 7) is 4.28. The molecule has 0 fully saturated rings. The van der Waals surface area contributed by atoms with Gasteiger partial charge in [0.25, 0.3) is 0 Å². The first kappa shape index (κ1) is 15.0. The summed E-state index contributed by atoms with van der Waals surface area (Å²) in [5, 5.41) is 0. The molecular formula is C14H24N2O2. The van der Waals surface area contributed by atoms with Crippen LogP contribution >= 0.6 is 0 Å². The van der Waals surface area contributed by atoms with E-state index in [1.165, 1.54) is 11.1 Å². The molecule has 1 atom stereocenters. The second kappa shape index (κ2) is 7.36. The third-order valence-corrected chi connectivity index (χ3v) is 2.80. The lowest BCUT2D eigenvalue weighted by atomic mass is 10.1. The fraction of sp³-hybridized carbons (Fsp3) is 0.571. The molecule has 1 unspecified atom stereocenters. The Morgan fingerprint density at radius 2 is 2.06 bits per heavy atom. The number of rotatable bonds is 7. The Balaban J connectivity index is 2.63. The fourth-order valence-corrected chi connectivity index (χ4v) is 2.05. The number of ether oxygens (including phenoxy) is 2. The van der Waals surface area contributed by atoms with Gasteiger partial charge >= 0.3 is 0 Å². The van der Waals surface area contributed by atoms with Crippen LogP contribution in [0.4, 0.5) is 0 Å². The molecule has 0 amide bonds. The first-order valence-electron chi connectivity index (χ1n) is 6.13. The maximum atomic E-state index is 5.94. The highest BCUT2D eigenvalue weighted by Crippen LogP contribution is 2.20. The van der Waals surface area contributed by atoms with Crippen molar-refractivity contribution in [3.05, 3.63) is 29.3 Å². The van der Waals surface area contributed by atoms with Crippen molar-refractivity contribution in [1.29, 1.82) is 0 Å². The number of aryl methyl sites for hydroxylation is 1. The van der Waals surface area contributed by atoms with Gasteiger partial charge in [0.2, 0.25) is 0 Å². The van der Waals surface area contributed by atoms with E-state index in [2.05, 4.69) is 31.0 Å². The van der Waals surface area contributed by atoms with Gasteiger partial charge in [-0.3, -0.25) is 0 Å². The molecule has 0 bridgehead atoms. The van der Waals surface area contributed by atoms with Gasteiger partial charge in [0.1, 0.15) is 5.75 Å². The van der Waals surface area contributed by atoms with E-state index < -0.39 is 0 Å². The number of benzene rings is 1. The molecule has 0 aliphatic carbocycles. The lowest BCUT2D eigenvalue weighted by Crippen LogP contribution is -2.38. The predicted molar refractivity (Wildman–Crippen MR) is 73.9 cm³/mol. The molecule has 1 aromatic carbocycles. The van der Waals surface area contributed by atoms with Gasteiger partial charge in [-0.25, -0.2) is 0 Å². The minimum Gasteiger partial charge on any atom is -0.496 e. The van der Waals surface area contributed by atoms with Gasteiger partial charge in [0.05, 0.1) is 13.7 Å². The first-order chi connectivity index (χ1) is 8.56. The van der Waals surface area contributed by atoms with Crippen LogP contribution in [0.2, 0.25) is 0 Å². The fourth-order valence-electron chi connectivity index (χ4n) is 2.05. The molecule has 0 spiro atoms. The minimum atomic E-state index is 0.0378. The van der Waals surface area contributed by atoms with Crippen molar-refractivity contribution in [3.8, 4) is 5.75 Å². The molecule has 1 rings (SSSR count). The lowest BCUT2D eigenvalue weighted by Gasteiger charge is -2.22. The van der Waals surface area contributed by atoms with E-state index in [1.54, 1.807) is 14.2 Å². The Morgan fingerprint density at radius 3 is 2.67 bits per heavy atom. The smallest absolute Gasteiger partial charge is 0.123 e. The van der Waals surface area contributed by atoms with Crippen LogP contribution in [0.3, 0.4) is 0 Å². The van der Waals surface area contributed by atoms with Crippen molar-refractivity contribution >= 4 is 0 Å². The molecule has 0 aromatic heterocycles. The van der Waals surface area contributed by atoms with Crippen molar-refractivity contribution in [1.82, 2.24) is 4.90 Å². The molecule has 0 radical (unpaired) electrons. The van der Waals surface area contributed by atoms with Gasteiger partial charge in [0, 0.05) is 31.8 Å². The van der Waals surface area contributed by atoms with Crippen LogP contribution in [0.1, 0.15) is 11.1 Å². The van der Waals surface area contributed by atoms with Gasteiger partial charge in [-0.15, -0.1) is 0 Å². The van der Waals surface area contributed by atoms with Crippen molar-refractivity contribution < 1.29 is 9.47 Å². The SMILES string of the molecule is COCC(N)CN(C)Cc1cc(C)ccc1OC. The van der Waals surface area contributed by atoms with Crippen LogP contribution in [0.15, 0.2) is 18.2 Å². The summed E-state index contributed by atoms with van der Waals surface area (Å²) in [5.41, 5.74) is 8.36. The molecule has 102 valence electrons. The number of methoxy groups -OCH3 is 2. The van der Waals surface area contributed by atoms with Gasteiger partial charge in [-0.05, 0) is 20.0 Å². The molecule has 4 heteroatoms. The summed E-state index contributed by atoms with van der Waals surface area (Å²) < 4.78 is 10.4. The van der Waals surface area contributed by atoms with Gasteiger partial charge < -0.3 is 20.1 Å². The highest BCUT2D eigenvalue weighted by atomic mass is 16.5. The van der Waals surface area contributed by atoms with Crippen LogP contribution in [-0.4, -0.2) is 45.4 Å². The Hall–Kier alpha value is -1.10. The second-order valence-corrected chi connectivity index (χ2v) is 4.73. The number of hydrogen-bond donors (Lipinski definition) is 1. The maximum Gasteiger partial charge on any atom is 0.123 e. The third kappa shape index (κ3) is 4.64. The second-order valence-electron chi connectivity index (χ2n) is 4.73. The van der Waals surface area contributed by atoms with Gasteiger partial charge in [-0.1, -0.05) is 17.7 Å². The van der Waals surface area contributed by atoms with Gasteiger partial charge in [0.15, 0.2) is 0 Å². The van der Waals surface area contributed by atoms with Gasteiger partial charge in [-0.2, -0.15) is 0 Å². The molecular weight excluding hydrogens is 228 g/mol. The van der Waals surface area contributed by atoms with Crippen molar-refractivity contribution in [3.63, 3.8) is 0 Å². The standard InChI is InChI=1S/C14H24N2O2/c1-11-5-6-14(18-4)12(7-11)8-16(2)9-13(15)10-17-3/h5-7,13H,8-10,15H2,1-4H3. The molecule has 1 aromatic rings. The van der Waals surface area contributed by atoms with Crippen LogP contribution in [0.5, 0.6) is 5.75 Å². The van der Waals surface area contributed by atoms with E-state index in [-0.39, 0.29) is 6.04 Å². The lowest BCUT2D eigenvalue weighted by molar-refractivity contribution is 0.159. The predicted octanol–water partition coefficient (Wildman–Crippen LogP) is 1.41. The molecule has 0 heterocycles. The average Bonchev–Trinajstić information content (AvgIpc) is 2.29. The molecule has 18 heavy (non-hydrogen) atoms. The average molecular weight is 252 g/mol. The summed E-state index contributed by atoms with van der Waals surface area (Å²) in [4.78, 5) is 2.18. The normalized spacial score (nSPS) is 12.8. The largest absolute Gasteiger partial charge is 0.496 e. The maximum absolute atomic E-state index is 5.94. The number of hydrogen-bond acceptors (Lipinski definition) is 4. The zero-order valence-electron chi connectivity index (χ0n) is 11.8. The van der Waals surface area contributed by atoms with E-state index in [0.717, 1.165) is 18.8 Å². The summed E-state index contributed by atoms with van der Waals surface area (Å²) in [6, 6.07) is 6.25. The molecule has 2 N–H and O–H groups in total. The molecule has 0 aliphatic rings. The summed E-state index contributed by atoms with van der Waals surface area (Å²) in [7, 11) is 5.42. The van der Waals surface area contributed by atoms with Crippen molar-refractivity contribution in [2.45, 2.75) is 19.5 Å². The Kier molecular flexibility index (Phi) is 6.12. The summed E-state index contributed by atoms with van der Waals surface area (Å²) >= 11 is 0. The molecule has 0 saturated carbocycles. The van der Waals surface area contributed by atoms with Crippen molar-refractivity contribution in [2.75, 3.05) is 34.4 Å². The van der Waals surface area contributed by atoms with Crippen LogP contribution in [0, 0.1) is 6.92 Å². The number of nitrogens with zero attached hydrogens (tertiary/aromatic N) is 1. The van der Waals surface area contributed by atoms with E-state index in [1.807, 2.05) is 6.07 Å². The highest BCUT2D eigenvalue weighted by Gasteiger charge is 2.10. The monoisotopic (exact) mass is 252 g/mol. The molecule has 4 nitrogen and oxygen atoms in total. The highest BCUT2D eigenvalue weighted by molar-refractivity contribution is 5.36. The molecule has 0 aliphatic heterocycles. The first-order valence-corrected chi connectivity index (χ1v) is 6.13. The number of likely N-dealkylation sites (N-methyl/N-ethyl adjacent to an activating group) is 1. The minimum absolute atomic E-state index is 0.0378. The summed E-state index contributed by atoms with van der Waals surface area (Å²) in [6.07, 6.45) is 0. The van der Waals surface area contributed by atoms with E-state index in [4.69, 9.17) is 15.2 Å². The zero-order valence-corrected chi connectivity index (χ0v) is 11.8. The van der Waals surface area contributed by atoms with E-state index in [0.29, 0.717) is 6.61 Å². The van der Waals surface area contributed by atoms with Crippen LogP contribution < -0.4 is 10.5 Å². The summed E-state index contributed by atoms with van der Waals surface area (Å²) in [5.74, 6) is 0.924. The Labute approximate surface area is 110 Å². The Bertz CT molecular complexity index is 369. The van der Waals surface area contributed by atoms with E-state index >= 15 is 0 Å². The number of nitrogens with two attached hydrogens (primary N) is 1. The molecule has 0 saturated heterocycles. The van der Waals surface area contributed by atoms with Crippen LogP contribution in [-0.2, 0) is 11.3 Å². The third-order valence-electron chi connectivity index (χ3n) is 2.80. The topological polar surface area (TPSA) is 47.7 Å². The van der Waals surface area contributed by atoms with E-state index in [9.17, 15) is 0 Å². The zero-order chi connectivity index (χ0) is 13.5. The quantitative estimate of drug-likeness (QED) is 0.797. The van der Waals surface area contributed by atoms with Crippen molar-refractivity contribution in [2.24, 2.45) is 5.73 Å².